The minimum atomic E-state index is -3.00. The van der Waals surface area contributed by atoms with Gasteiger partial charge in [-0.05, 0) is 161 Å². The topological polar surface area (TPSA) is 161 Å². The number of carbonyl (C=O) groups is 3. The van der Waals surface area contributed by atoms with Crippen molar-refractivity contribution in [3.05, 3.63) is 107 Å². The summed E-state index contributed by atoms with van der Waals surface area (Å²) in [4.78, 5) is 34.4. The Balaban J connectivity index is 0.000000287. The molecule has 8 fully saturated rings. The van der Waals surface area contributed by atoms with Crippen molar-refractivity contribution >= 4 is 73.2 Å². The van der Waals surface area contributed by atoms with Gasteiger partial charge in [0.1, 0.15) is 0 Å². The maximum absolute atomic E-state index is 11.8. The third-order valence-corrected chi connectivity index (χ3v) is 18.6. The molecule has 4 bridgehead atoms. The Kier molecular flexibility index (Phi) is 23.0. The average molecular weight is 1120 g/mol. The number of alkyl halides is 1. The molecule has 3 heterocycles. The van der Waals surface area contributed by atoms with Crippen LogP contribution in [-0.4, -0.2) is 100 Å². The van der Waals surface area contributed by atoms with E-state index >= 15 is 0 Å². The van der Waals surface area contributed by atoms with Gasteiger partial charge in [0.15, 0.2) is 11.6 Å². The molecule has 73 heavy (non-hydrogen) atoms. The average Bonchev–Trinajstić information content (AvgIpc) is 3.82. The van der Waals surface area contributed by atoms with Gasteiger partial charge in [0.25, 0.3) is 0 Å². The van der Waals surface area contributed by atoms with E-state index in [1.807, 2.05) is 44.2 Å². The molecule has 0 amide bonds. The number of fused-ring (bicyclic) bond motifs is 1. The second-order valence-corrected chi connectivity index (χ2v) is 23.6. The molecule has 6 aliphatic carbocycles. The van der Waals surface area contributed by atoms with Crippen molar-refractivity contribution in [3.8, 4) is 5.75 Å². The van der Waals surface area contributed by atoms with E-state index in [2.05, 4.69) is 54.5 Å². The number of para-hydroxylation sites is 1. The Hall–Kier alpha value is -0.239. The predicted octanol–water partition coefficient (Wildman–Crippen LogP) is -0.146. The van der Waals surface area contributed by atoms with Crippen LogP contribution in [-0.2, 0) is 37.9 Å². The summed E-state index contributed by atoms with van der Waals surface area (Å²) < 4.78 is 30.8. The number of carbonyl (C=O) groups excluding carboxylic acids is 3. The van der Waals surface area contributed by atoms with E-state index in [4.69, 9.17) is 34.9 Å². The van der Waals surface area contributed by atoms with Crippen molar-refractivity contribution in [2.45, 2.75) is 168 Å². The molecule has 6 saturated carbocycles. The minimum absolute atomic E-state index is 0. The molecule has 382 valence electrons. The zero-order chi connectivity index (χ0) is 49.6. The summed E-state index contributed by atoms with van der Waals surface area (Å²) in [6.45, 7) is 22.1. The van der Waals surface area contributed by atoms with E-state index < -0.39 is 18.5 Å². The predicted molar refractivity (Wildman–Crippen MR) is 276 cm³/mol. The van der Waals surface area contributed by atoms with Gasteiger partial charge < -0.3 is 67.6 Å². The van der Waals surface area contributed by atoms with E-state index in [1.165, 1.54) is 24.5 Å². The maximum Gasteiger partial charge on any atom is 2.00 e. The van der Waals surface area contributed by atoms with E-state index in [-0.39, 0.29) is 178 Å². The van der Waals surface area contributed by atoms with Gasteiger partial charge in [0.05, 0.1) is 40.4 Å². The van der Waals surface area contributed by atoms with Gasteiger partial charge in [-0.2, -0.15) is 0 Å². The van der Waals surface area contributed by atoms with Crippen LogP contribution in [0.3, 0.4) is 0 Å². The number of benzene rings is 3. The summed E-state index contributed by atoms with van der Waals surface area (Å²) in [5.41, 5.74) is 6.84. The van der Waals surface area contributed by atoms with Gasteiger partial charge in [-0.3, -0.25) is 9.59 Å². The quantitative estimate of drug-likeness (QED) is 0.127. The van der Waals surface area contributed by atoms with E-state index in [9.17, 15) is 29.5 Å². The molecule has 11 nitrogen and oxygen atoms in total. The van der Waals surface area contributed by atoms with Crippen molar-refractivity contribution in [3.63, 3.8) is 0 Å². The van der Waals surface area contributed by atoms with Gasteiger partial charge in [-0.1, -0.05) is 95.9 Å². The minimum Gasteiger partial charge on any atom is -1.00 e. The smallest absolute Gasteiger partial charge is 1.00 e. The van der Waals surface area contributed by atoms with Crippen LogP contribution in [0.4, 0.5) is 0 Å². The van der Waals surface area contributed by atoms with Gasteiger partial charge in [-0.25, -0.2) is 0 Å². The molecule has 2 N–H and O–H groups in total. The molecule has 3 aliphatic heterocycles. The van der Waals surface area contributed by atoms with Crippen LogP contribution in [0.15, 0.2) is 54.6 Å². The molecule has 3 aromatic carbocycles. The van der Waals surface area contributed by atoms with Crippen LogP contribution in [0.5, 0.6) is 5.75 Å². The SMILES string of the molecule is CC(=O)c1cccc(C[C@@H](Cl)B2OC3CC4CC(C4(C)C)[C@]3(C)O2)c1C.CC(=O)c1cccc(C[C@H](C)B2OC3CC4CC(C4(C)C)[C@]3(C)O2)c1C.C[C@H]1Cc2cccc(C(=O)[O-])c2O[B-]1(O)O.[Br-].[CH3-].[Mg+2].[Na+].[Na+]. The van der Waals surface area contributed by atoms with Crippen LogP contribution in [0.25, 0.3) is 0 Å². The van der Waals surface area contributed by atoms with E-state index in [0.717, 1.165) is 58.9 Å². The first-order valence-corrected chi connectivity index (χ1v) is 25.2. The molecule has 11 atom stereocenters. The van der Waals surface area contributed by atoms with Gasteiger partial charge in [0.2, 0.25) is 0 Å². The van der Waals surface area contributed by atoms with Gasteiger partial charge in [0, 0.05) is 16.7 Å². The van der Waals surface area contributed by atoms with Crippen molar-refractivity contribution < 1.29 is 129 Å². The number of rotatable bonds is 9. The number of Topliss-reactive ketones (excluding diaryl/α,β-unsaturated/α-hetero) is 2. The molecule has 3 aromatic rings. The second kappa shape index (κ2) is 25.1. The molecular weight excluding hydrogens is 1040 g/mol. The van der Waals surface area contributed by atoms with Crippen LogP contribution >= 0.6 is 11.6 Å². The van der Waals surface area contributed by atoms with Crippen LogP contribution in [0.2, 0.25) is 11.6 Å². The Morgan fingerprint density at radius 3 is 1.62 bits per heavy atom. The Bertz CT molecular complexity index is 2360. The normalized spacial score (nSPS) is 30.2. The maximum atomic E-state index is 11.8. The fourth-order valence-corrected chi connectivity index (χ4v) is 13.6. The molecule has 12 rings (SSSR count). The number of carboxylic acid groups (broad SMARTS) is 1. The van der Waals surface area contributed by atoms with Crippen molar-refractivity contribution in [2.75, 3.05) is 0 Å². The van der Waals surface area contributed by atoms with Crippen LogP contribution in [0.1, 0.15) is 154 Å². The molecule has 19 heteroatoms. The number of ketones is 2. The molecule has 6 unspecified atom stereocenters. The zero-order valence-electron chi connectivity index (χ0n) is 46.1. The van der Waals surface area contributed by atoms with E-state index in [0.29, 0.717) is 41.1 Å². The summed E-state index contributed by atoms with van der Waals surface area (Å²) in [5, 5.41) is 29.7. The third kappa shape index (κ3) is 12.6. The van der Waals surface area contributed by atoms with Crippen molar-refractivity contribution in [2.24, 2.45) is 34.5 Å². The van der Waals surface area contributed by atoms with Crippen molar-refractivity contribution in [1.82, 2.24) is 0 Å². The number of aromatic carboxylic acids is 1. The molecular formula is C54H73B3BrClMgNa2O11. The zero-order valence-corrected chi connectivity index (χ0v) is 53.9. The number of hydrogen-bond donors (Lipinski definition) is 2. The number of hydrogen-bond acceptors (Lipinski definition) is 11. The molecule has 0 spiro atoms. The van der Waals surface area contributed by atoms with Gasteiger partial charge >= 0.3 is 103 Å². The first-order chi connectivity index (χ1) is 31.7. The van der Waals surface area contributed by atoms with Crippen LogP contribution in [0, 0.1) is 55.8 Å². The van der Waals surface area contributed by atoms with Gasteiger partial charge in [-0.15, -0.1) is 11.6 Å². The summed E-state index contributed by atoms with van der Waals surface area (Å²) in [7, 11) is -0.539. The first kappa shape index (κ1) is 67.0. The largest absolute Gasteiger partial charge is 2.00 e. The Morgan fingerprint density at radius 2 is 1.16 bits per heavy atom. The summed E-state index contributed by atoms with van der Waals surface area (Å²) >= 11 is 6.75. The summed E-state index contributed by atoms with van der Waals surface area (Å²) in [5.74, 6) is 1.27. The molecule has 0 aromatic heterocycles. The second-order valence-electron chi connectivity index (χ2n) is 23.0. The standard InChI is InChI=1S/C22H31BO3.C21H28BClO3.C10H12BO5.CH3.BrH.Mg.2Na/c1-13(10-16-8-7-9-18(14(16)2)15(3)24)23-25-20-12-17-11-19(21(17,4)5)22(20,6)26-23;1-12-14(7-6-8-16(12)13(2)24)9-19(23)22-25-18-11-15-10-17(20(15,3)4)21(18,5)26-22;1-6-5-7-3-2-4-8(10(12)13)9(7)16-11(6,14)15;;;;;/h7-9,13,17,19-20H,10-12H2,1-6H3;6-8,15,17-19H,9-11H2,1-5H3;2-4,6,14-15H,5H2,1H3,(H,12,13);1H3;1H;;;/q;;2*-1;;+2;2*+1/p-2/t13-,17?,19?,20?,22-;15?,17?,18?,19-,21+;6-;;;;;/m010...../s1. The summed E-state index contributed by atoms with van der Waals surface area (Å²) in [6, 6.07) is 16.5. The number of carboxylic acids is 1. The monoisotopic (exact) mass is 1110 g/mol. The fourth-order valence-electron chi connectivity index (χ4n) is 13.4. The number of halogens is 2. The fraction of sp³-hybridized carbons (Fsp3) is 0.593. The Morgan fingerprint density at radius 1 is 0.740 bits per heavy atom. The third-order valence-electron chi connectivity index (χ3n) is 18.2. The van der Waals surface area contributed by atoms with E-state index in [1.54, 1.807) is 32.9 Å². The Labute approximate surface area is 512 Å². The first-order valence-electron chi connectivity index (χ1n) is 24.8. The van der Waals surface area contributed by atoms with Crippen LogP contribution < -0.4 is 85.9 Å². The summed E-state index contributed by atoms with van der Waals surface area (Å²) in [6.07, 6.45) is 6.97. The van der Waals surface area contributed by atoms with Crippen molar-refractivity contribution in [1.29, 1.82) is 0 Å². The molecule has 9 aliphatic rings. The molecule has 2 saturated heterocycles. The molecule has 0 radical (unpaired) electrons.